The molecule has 1 unspecified atom stereocenters. The zero-order valence-electron chi connectivity index (χ0n) is 11.0. The predicted octanol–water partition coefficient (Wildman–Crippen LogP) is 4.00. The summed E-state index contributed by atoms with van der Waals surface area (Å²) >= 11 is 6.14. The molecule has 2 N–H and O–H groups in total. The summed E-state index contributed by atoms with van der Waals surface area (Å²) in [5, 5.41) is 14.0. The molecule has 1 aliphatic rings. The van der Waals surface area contributed by atoms with Gasteiger partial charge in [0.15, 0.2) is 0 Å². The molecule has 0 amide bonds. The lowest BCUT2D eigenvalue weighted by atomic mass is 10.00. The average molecular weight is 268 g/mol. The van der Waals surface area contributed by atoms with Gasteiger partial charge in [-0.25, -0.2) is 0 Å². The molecular formula is C15H22ClNO. The molecule has 1 aromatic rings. The standard InChI is InChI=1S/C15H22ClNO/c1-11-6-7-15(14(16)8-11)17-10-13(18)9-12-4-2-3-5-12/h6-8,12-13,17-18H,2-5,9-10H2,1H3. The van der Waals surface area contributed by atoms with E-state index in [9.17, 15) is 5.11 Å². The maximum absolute atomic E-state index is 10.0. The number of aliphatic hydroxyl groups is 1. The number of hydrogen-bond acceptors (Lipinski definition) is 2. The van der Waals surface area contributed by atoms with Crippen molar-refractivity contribution in [2.45, 2.75) is 45.1 Å². The van der Waals surface area contributed by atoms with Crippen molar-refractivity contribution in [2.24, 2.45) is 5.92 Å². The summed E-state index contributed by atoms with van der Waals surface area (Å²) in [5.41, 5.74) is 2.06. The van der Waals surface area contributed by atoms with Crippen LogP contribution in [0.5, 0.6) is 0 Å². The van der Waals surface area contributed by atoms with Crippen molar-refractivity contribution >= 4 is 17.3 Å². The van der Waals surface area contributed by atoms with Crippen LogP contribution in [0.4, 0.5) is 5.69 Å². The van der Waals surface area contributed by atoms with Gasteiger partial charge in [0, 0.05) is 6.54 Å². The van der Waals surface area contributed by atoms with Gasteiger partial charge >= 0.3 is 0 Å². The summed E-state index contributed by atoms with van der Waals surface area (Å²) in [6.45, 7) is 2.60. The third-order valence-electron chi connectivity index (χ3n) is 3.73. The van der Waals surface area contributed by atoms with Crippen LogP contribution in [-0.4, -0.2) is 17.8 Å². The number of aliphatic hydroxyl groups excluding tert-OH is 1. The summed E-state index contributed by atoms with van der Waals surface area (Å²) in [6.07, 6.45) is 5.86. The number of hydrogen-bond donors (Lipinski definition) is 2. The zero-order valence-corrected chi connectivity index (χ0v) is 11.7. The lowest BCUT2D eigenvalue weighted by Crippen LogP contribution is -2.22. The summed E-state index contributed by atoms with van der Waals surface area (Å²) in [6, 6.07) is 5.94. The highest BCUT2D eigenvalue weighted by molar-refractivity contribution is 6.33. The van der Waals surface area contributed by atoms with Crippen molar-refractivity contribution in [3.05, 3.63) is 28.8 Å². The van der Waals surface area contributed by atoms with Crippen LogP contribution >= 0.6 is 11.6 Å². The summed E-state index contributed by atoms with van der Waals surface area (Å²) in [4.78, 5) is 0. The predicted molar refractivity (Wildman–Crippen MR) is 77.3 cm³/mol. The van der Waals surface area contributed by atoms with E-state index in [0.29, 0.717) is 6.54 Å². The summed E-state index contributed by atoms with van der Waals surface area (Å²) < 4.78 is 0. The van der Waals surface area contributed by atoms with Crippen LogP contribution in [0.15, 0.2) is 18.2 Å². The SMILES string of the molecule is Cc1ccc(NCC(O)CC2CCCC2)c(Cl)c1. The topological polar surface area (TPSA) is 32.3 Å². The molecule has 2 rings (SSSR count). The number of aryl methyl sites for hydroxylation is 1. The van der Waals surface area contributed by atoms with Gasteiger partial charge in [0.2, 0.25) is 0 Å². The maximum Gasteiger partial charge on any atom is 0.0715 e. The lowest BCUT2D eigenvalue weighted by Gasteiger charge is -2.17. The van der Waals surface area contributed by atoms with Crippen molar-refractivity contribution in [3.8, 4) is 0 Å². The van der Waals surface area contributed by atoms with Crippen LogP contribution in [0.2, 0.25) is 5.02 Å². The largest absolute Gasteiger partial charge is 0.391 e. The quantitative estimate of drug-likeness (QED) is 0.845. The van der Waals surface area contributed by atoms with E-state index in [1.54, 1.807) is 0 Å². The molecule has 3 heteroatoms. The average Bonchev–Trinajstić information content (AvgIpc) is 2.80. The Bertz CT molecular complexity index is 388. The van der Waals surface area contributed by atoms with Crippen molar-refractivity contribution in [1.82, 2.24) is 0 Å². The Kier molecular flexibility index (Phi) is 4.90. The number of anilines is 1. The molecule has 0 aromatic heterocycles. The monoisotopic (exact) mass is 267 g/mol. The van der Waals surface area contributed by atoms with E-state index in [-0.39, 0.29) is 6.10 Å². The third-order valence-corrected chi connectivity index (χ3v) is 4.05. The summed E-state index contributed by atoms with van der Waals surface area (Å²) in [5.74, 6) is 0.718. The number of halogens is 1. The fourth-order valence-corrected chi connectivity index (χ4v) is 3.01. The number of benzene rings is 1. The number of nitrogens with one attached hydrogen (secondary N) is 1. The van der Waals surface area contributed by atoms with Crippen molar-refractivity contribution in [2.75, 3.05) is 11.9 Å². The highest BCUT2D eigenvalue weighted by Crippen LogP contribution is 2.29. The molecule has 0 aliphatic heterocycles. The lowest BCUT2D eigenvalue weighted by molar-refractivity contribution is 0.155. The van der Waals surface area contributed by atoms with Crippen molar-refractivity contribution < 1.29 is 5.11 Å². The Labute approximate surface area is 114 Å². The van der Waals surface area contributed by atoms with Crippen LogP contribution in [0.25, 0.3) is 0 Å². The first-order chi connectivity index (χ1) is 8.65. The third kappa shape index (κ3) is 3.89. The van der Waals surface area contributed by atoms with Crippen LogP contribution in [-0.2, 0) is 0 Å². The molecular weight excluding hydrogens is 246 g/mol. The van der Waals surface area contributed by atoms with Crippen LogP contribution < -0.4 is 5.32 Å². The van der Waals surface area contributed by atoms with Gasteiger partial charge in [0.05, 0.1) is 16.8 Å². The van der Waals surface area contributed by atoms with E-state index < -0.39 is 0 Å². The molecule has 0 spiro atoms. The van der Waals surface area contributed by atoms with Gasteiger partial charge in [0.1, 0.15) is 0 Å². The smallest absolute Gasteiger partial charge is 0.0715 e. The first-order valence-corrected chi connectivity index (χ1v) is 7.21. The van der Waals surface area contributed by atoms with Gasteiger partial charge in [-0.15, -0.1) is 0 Å². The van der Waals surface area contributed by atoms with Crippen LogP contribution in [0.3, 0.4) is 0 Å². The van der Waals surface area contributed by atoms with E-state index in [2.05, 4.69) is 5.32 Å². The highest BCUT2D eigenvalue weighted by atomic mass is 35.5. The second kappa shape index (κ2) is 6.44. The Morgan fingerprint density at radius 3 is 2.78 bits per heavy atom. The first-order valence-electron chi connectivity index (χ1n) is 6.83. The Morgan fingerprint density at radius 1 is 1.39 bits per heavy atom. The molecule has 1 fully saturated rings. The van der Waals surface area contributed by atoms with Gasteiger partial charge < -0.3 is 10.4 Å². The molecule has 18 heavy (non-hydrogen) atoms. The minimum atomic E-state index is -0.273. The molecule has 1 aromatic carbocycles. The van der Waals surface area contributed by atoms with Crippen molar-refractivity contribution in [3.63, 3.8) is 0 Å². The normalized spacial score (nSPS) is 17.9. The molecule has 0 saturated heterocycles. The van der Waals surface area contributed by atoms with E-state index in [0.717, 1.165) is 28.6 Å². The molecule has 0 bridgehead atoms. The second-order valence-corrected chi connectivity index (χ2v) is 5.81. The minimum Gasteiger partial charge on any atom is -0.391 e. The maximum atomic E-state index is 10.0. The molecule has 1 saturated carbocycles. The van der Waals surface area contributed by atoms with E-state index in [4.69, 9.17) is 11.6 Å². The molecule has 2 nitrogen and oxygen atoms in total. The van der Waals surface area contributed by atoms with E-state index in [1.165, 1.54) is 25.7 Å². The van der Waals surface area contributed by atoms with Gasteiger partial charge in [-0.05, 0) is 37.0 Å². The van der Waals surface area contributed by atoms with E-state index >= 15 is 0 Å². The fourth-order valence-electron chi connectivity index (χ4n) is 2.71. The Morgan fingerprint density at radius 2 is 2.11 bits per heavy atom. The molecule has 1 atom stereocenters. The van der Waals surface area contributed by atoms with Crippen molar-refractivity contribution in [1.29, 1.82) is 0 Å². The van der Waals surface area contributed by atoms with Gasteiger partial charge in [-0.3, -0.25) is 0 Å². The summed E-state index contributed by atoms with van der Waals surface area (Å²) in [7, 11) is 0. The number of rotatable bonds is 5. The highest BCUT2D eigenvalue weighted by Gasteiger charge is 2.18. The van der Waals surface area contributed by atoms with Crippen LogP contribution in [0, 0.1) is 12.8 Å². The fraction of sp³-hybridized carbons (Fsp3) is 0.600. The Hall–Kier alpha value is -0.730. The van der Waals surface area contributed by atoms with Gasteiger partial charge in [0.25, 0.3) is 0 Å². The van der Waals surface area contributed by atoms with Crippen LogP contribution in [0.1, 0.15) is 37.7 Å². The first kappa shape index (κ1) is 13.7. The van der Waals surface area contributed by atoms with E-state index in [1.807, 2.05) is 25.1 Å². The molecule has 0 heterocycles. The molecule has 0 radical (unpaired) electrons. The second-order valence-electron chi connectivity index (χ2n) is 5.40. The Balaban J connectivity index is 1.79. The zero-order chi connectivity index (χ0) is 13.0. The molecule has 100 valence electrons. The minimum absolute atomic E-state index is 0.273. The van der Waals surface area contributed by atoms with Gasteiger partial charge in [-0.2, -0.15) is 0 Å². The molecule has 1 aliphatic carbocycles. The van der Waals surface area contributed by atoms with Gasteiger partial charge in [-0.1, -0.05) is 43.4 Å².